The number of sulfonamides is 1. The van der Waals surface area contributed by atoms with Crippen LogP contribution in [0.1, 0.15) is 32.1 Å². The Labute approximate surface area is 168 Å². The van der Waals surface area contributed by atoms with E-state index in [0.717, 1.165) is 29.2 Å². The van der Waals surface area contributed by atoms with Crippen LogP contribution >= 0.6 is 0 Å². The van der Waals surface area contributed by atoms with Gasteiger partial charge in [0.25, 0.3) is 5.91 Å². The van der Waals surface area contributed by atoms with Crippen molar-refractivity contribution in [3.05, 3.63) is 18.2 Å². The predicted octanol–water partition coefficient (Wildman–Crippen LogP) is 0.979. The van der Waals surface area contributed by atoms with Crippen molar-refractivity contribution in [1.29, 1.82) is 0 Å². The fourth-order valence-corrected chi connectivity index (χ4v) is 5.62. The molecular formula is C20H32N3O4S+. The van der Waals surface area contributed by atoms with Crippen molar-refractivity contribution in [3.8, 4) is 5.75 Å². The highest BCUT2D eigenvalue weighted by molar-refractivity contribution is 7.89. The van der Waals surface area contributed by atoms with Crippen LogP contribution in [0.2, 0.25) is 0 Å². The van der Waals surface area contributed by atoms with Crippen LogP contribution in [-0.4, -0.2) is 59.5 Å². The van der Waals surface area contributed by atoms with Crippen molar-refractivity contribution < 1.29 is 22.8 Å². The number of fused-ring (bicyclic) bond motifs is 1. The lowest BCUT2D eigenvalue weighted by Gasteiger charge is -2.38. The van der Waals surface area contributed by atoms with E-state index in [9.17, 15) is 13.2 Å². The Kier molecular flexibility index (Phi) is 6.62. The van der Waals surface area contributed by atoms with E-state index in [4.69, 9.17) is 4.74 Å². The van der Waals surface area contributed by atoms with Crippen LogP contribution in [0.5, 0.6) is 5.75 Å². The summed E-state index contributed by atoms with van der Waals surface area (Å²) in [6.45, 7) is 2.53. The molecule has 156 valence electrons. The topological polar surface area (TPSA) is 80.1 Å². The summed E-state index contributed by atoms with van der Waals surface area (Å²) in [5, 5.41) is 2.87. The van der Waals surface area contributed by atoms with Gasteiger partial charge in [-0.15, -0.1) is 0 Å². The van der Waals surface area contributed by atoms with Gasteiger partial charge in [-0.2, -0.15) is 0 Å². The first-order valence-electron chi connectivity index (χ1n) is 10.0. The molecular weight excluding hydrogens is 378 g/mol. The highest BCUT2D eigenvalue weighted by atomic mass is 32.2. The molecule has 1 aromatic rings. The highest BCUT2D eigenvalue weighted by Gasteiger charge is 2.34. The number of benzene rings is 1. The molecule has 2 fully saturated rings. The number of amides is 1. The normalized spacial score (nSPS) is 25.2. The lowest BCUT2D eigenvalue weighted by Crippen LogP contribution is -3.15. The molecule has 0 radical (unpaired) electrons. The molecule has 1 saturated carbocycles. The Bertz CT molecular complexity index is 810. The van der Waals surface area contributed by atoms with E-state index in [1.165, 1.54) is 64.3 Å². The molecule has 1 aliphatic heterocycles. The van der Waals surface area contributed by atoms with Crippen LogP contribution < -0.4 is 15.0 Å². The number of carbonyl (C=O) groups excluding carboxylic acids is 1. The second-order valence-electron chi connectivity index (χ2n) is 8.18. The molecule has 1 amide bonds. The van der Waals surface area contributed by atoms with Crippen LogP contribution in [0, 0.1) is 11.8 Å². The van der Waals surface area contributed by atoms with Crippen molar-refractivity contribution in [3.63, 3.8) is 0 Å². The maximum atomic E-state index is 12.6. The number of likely N-dealkylation sites (tertiary alicyclic amines) is 1. The molecule has 0 aromatic heterocycles. The van der Waals surface area contributed by atoms with Crippen molar-refractivity contribution >= 4 is 21.6 Å². The lowest BCUT2D eigenvalue weighted by atomic mass is 9.75. The van der Waals surface area contributed by atoms with Crippen LogP contribution in [0.4, 0.5) is 5.69 Å². The molecule has 1 aliphatic carbocycles. The summed E-state index contributed by atoms with van der Waals surface area (Å²) in [5.74, 6) is 1.78. The largest absolute Gasteiger partial charge is 0.495 e. The Morgan fingerprint density at radius 1 is 1.21 bits per heavy atom. The molecule has 0 bridgehead atoms. The van der Waals surface area contributed by atoms with E-state index in [-0.39, 0.29) is 16.6 Å². The Balaban J connectivity index is 1.65. The SMILES string of the molecule is COc1ccc(NC(=O)C[NH+]2CC[C@@H]3CCCC[C@@H]3C2)cc1S(=O)(=O)N(C)C. The molecule has 0 spiro atoms. The van der Waals surface area contributed by atoms with E-state index < -0.39 is 10.0 Å². The standard InChI is InChI=1S/C20H31N3O4S/c1-22(2)28(25,26)19-12-17(8-9-18(19)27-3)21-20(24)14-23-11-10-15-6-4-5-7-16(15)13-23/h8-9,12,15-16H,4-7,10-11,13-14H2,1-3H3,(H,21,24)/p+1/t15-,16+/m0/s1. The minimum atomic E-state index is -3.67. The summed E-state index contributed by atoms with van der Waals surface area (Å²) in [7, 11) is 0.705. The molecule has 2 aliphatic rings. The van der Waals surface area contributed by atoms with Gasteiger partial charge in [-0.1, -0.05) is 12.8 Å². The number of anilines is 1. The molecule has 1 saturated heterocycles. The zero-order chi connectivity index (χ0) is 20.3. The second-order valence-corrected chi connectivity index (χ2v) is 10.3. The van der Waals surface area contributed by atoms with Gasteiger partial charge >= 0.3 is 0 Å². The summed E-state index contributed by atoms with van der Waals surface area (Å²) in [6, 6.07) is 4.72. The zero-order valence-electron chi connectivity index (χ0n) is 17.0. The van der Waals surface area contributed by atoms with Gasteiger partial charge in [0.2, 0.25) is 10.0 Å². The van der Waals surface area contributed by atoms with Crippen LogP contribution in [0.15, 0.2) is 23.1 Å². The third-order valence-electron chi connectivity index (χ3n) is 6.10. The number of methoxy groups -OCH3 is 1. The molecule has 3 rings (SSSR count). The van der Waals surface area contributed by atoms with Crippen LogP contribution in [-0.2, 0) is 14.8 Å². The molecule has 2 N–H and O–H groups in total. The summed E-state index contributed by atoms with van der Waals surface area (Å²) in [4.78, 5) is 13.9. The van der Waals surface area contributed by atoms with Crippen molar-refractivity contribution in [2.45, 2.75) is 37.0 Å². The molecule has 8 heteroatoms. The van der Waals surface area contributed by atoms with Gasteiger partial charge in [-0.3, -0.25) is 4.79 Å². The molecule has 1 unspecified atom stereocenters. The molecule has 3 atom stereocenters. The maximum Gasteiger partial charge on any atom is 0.279 e. The van der Waals surface area contributed by atoms with Crippen molar-refractivity contribution in [2.24, 2.45) is 11.8 Å². The average Bonchev–Trinajstić information content (AvgIpc) is 2.67. The average molecular weight is 411 g/mol. The third-order valence-corrected chi connectivity index (χ3v) is 7.94. The van der Waals surface area contributed by atoms with Crippen molar-refractivity contribution in [1.82, 2.24) is 4.31 Å². The van der Waals surface area contributed by atoms with Gasteiger partial charge < -0.3 is 15.0 Å². The lowest BCUT2D eigenvalue weighted by molar-refractivity contribution is -0.902. The first kappa shape index (κ1) is 21.1. The van der Waals surface area contributed by atoms with E-state index in [1.807, 2.05) is 0 Å². The Morgan fingerprint density at radius 2 is 1.93 bits per heavy atom. The number of ether oxygens (including phenoxy) is 1. The fourth-order valence-electron chi connectivity index (χ4n) is 4.54. The number of quaternary nitrogens is 1. The summed E-state index contributed by atoms with van der Waals surface area (Å²) in [6.07, 6.45) is 6.52. The van der Waals surface area contributed by atoms with Gasteiger partial charge in [-0.25, -0.2) is 12.7 Å². The van der Waals surface area contributed by atoms with Crippen LogP contribution in [0.25, 0.3) is 0 Å². The minimum absolute atomic E-state index is 0.0492. The van der Waals surface area contributed by atoms with Crippen molar-refractivity contribution in [2.75, 3.05) is 46.2 Å². The van der Waals surface area contributed by atoms with Gasteiger partial charge in [0.1, 0.15) is 10.6 Å². The monoisotopic (exact) mass is 410 g/mol. The quantitative estimate of drug-likeness (QED) is 0.733. The predicted molar refractivity (Wildman–Crippen MR) is 108 cm³/mol. The summed E-state index contributed by atoms with van der Waals surface area (Å²) < 4.78 is 31.4. The summed E-state index contributed by atoms with van der Waals surface area (Å²) in [5.41, 5.74) is 0.471. The number of piperidine rings is 1. The number of nitrogens with zero attached hydrogens (tertiary/aromatic N) is 1. The minimum Gasteiger partial charge on any atom is -0.495 e. The Hall–Kier alpha value is -1.64. The molecule has 1 heterocycles. The number of hydrogen-bond acceptors (Lipinski definition) is 4. The van der Waals surface area contributed by atoms with Gasteiger partial charge in [-0.05, 0) is 43.4 Å². The second kappa shape index (κ2) is 8.80. The number of nitrogens with one attached hydrogen (secondary N) is 2. The fraction of sp³-hybridized carbons (Fsp3) is 0.650. The zero-order valence-corrected chi connectivity index (χ0v) is 17.8. The van der Waals surface area contributed by atoms with E-state index >= 15 is 0 Å². The third kappa shape index (κ3) is 4.67. The van der Waals surface area contributed by atoms with Gasteiger partial charge in [0.15, 0.2) is 6.54 Å². The molecule has 1 aromatic carbocycles. The number of rotatable bonds is 6. The number of hydrogen-bond donors (Lipinski definition) is 2. The number of carbonyl (C=O) groups is 1. The summed E-state index contributed by atoms with van der Waals surface area (Å²) >= 11 is 0. The highest BCUT2D eigenvalue weighted by Crippen LogP contribution is 2.32. The van der Waals surface area contributed by atoms with E-state index in [0.29, 0.717) is 12.2 Å². The first-order chi connectivity index (χ1) is 13.3. The maximum absolute atomic E-state index is 12.6. The van der Waals surface area contributed by atoms with Crippen LogP contribution in [0.3, 0.4) is 0 Å². The molecule has 7 nitrogen and oxygen atoms in total. The smallest absolute Gasteiger partial charge is 0.279 e. The van der Waals surface area contributed by atoms with Gasteiger partial charge in [0.05, 0.1) is 20.2 Å². The van der Waals surface area contributed by atoms with Gasteiger partial charge in [0, 0.05) is 25.7 Å². The van der Waals surface area contributed by atoms with E-state index in [2.05, 4.69) is 5.32 Å². The van der Waals surface area contributed by atoms with E-state index in [1.54, 1.807) is 12.1 Å². The first-order valence-corrected chi connectivity index (χ1v) is 11.5. The Morgan fingerprint density at radius 3 is 2.61 bits per heavy atom. The molecule has 28 heavy (non-hydrogen) atoms.